The second-order valence-corrected chi connectivity index (χ2v) is 3.76. The van der Waals surface area contributed by atoms with Crippen molar-refractivity contribution in [2.24, 2.45) is 12.0 Å². The fraction of sp³-hybridized carbons (Fsp3) is 0.200. The number of nitrogens with zero attached hydrogens (tertiary/aromatic N) is 3. The molecule has 4 heteroatoms. The molecule has 0 aliphatic carbocycles. The minimum atomic E-state index is 1.02. The molecule has 2 aromatic heterocycles. The molecule has 0 aliphatic heterocycles. The molecule has 0 aliphatic rings. The van der Waals surface area contributed by atoms with Gasteiger partial charge in [-0.3, -0.25) is 9.98 Å². The van der Waals surface area contributed by atoms with Crippen LogP contribution in [0.3, 0.4) is 0 Å². The van der Waals surface area contributed by atoms with Crippen molar-refractivity contribution < 1.29 is 0 Å². The van der Waals surface area contributed by atoms with Gasteiger partial charge in [0.05, 0.1) is 5.69 Å². The Kier molecular flexibility index (Phi) is 2.45. The van der Waals surface area contributed by atoms with Crippen molar-refractivity contribution in [2.45, 2.75) is 0 Å². The van der Waals surface area contributed by atoms with E-state index in [4.69, 9.17) is 0 Å². The molecule has 0 N–H and O–H groups in total. The highest BCUT2D eigenvalue weighted by atomic mass is 32.1. The van der Waals surface area contributed by atoms with Gasteiger partial charge in [0.25, 0.3) is 0 Å². The minimum Gasteiger partial charge on any atom is -0.320 e. The van der Waals surface area contributed by atoms with Crippen LogP contribution in [-0.4, -0.2) is 16.6 Å². The highest BCUT2D eigenvalue weighted by molar-refractivity contribution is 7.07. The first-order chi connectivity index (χ1) is 6.83. The summed E-state index contributed by atoms with van der Waals surface area (Å²) >= 11 is 1.64. The lowest BCUT2D eigenvalue weighted by atomic mass is 10.2. The fourth-order valence-electron chi connectivity index (χ4n) is 1.35. The summed E-state index contributed by atoms with van der Waals surface area (Å²) < 4.78 is 2.07. The van der Waals surface area contributed by atoms with Gasteiger partial charge >= 0.3 is 0 Å². The van der Waals surface area contributed by atoms with E-state index in [0.717, 1.165) is 16.1 Å². The van der Waals surface area contributed by atoms with Gasteiger partial charge in [-0.2, -0.15) is 0 Å². The Morgan fingerprint density at radius 2 is 2.36 bits per heavy atom. The zero-order valence-corrected chi connectivity index (χ0v) is 8.95. The van der Waals surface area contributed by atoms with E-state index in [1.165, 1.54) is 0 Å². The van der Waals surface area contributed by atoms with Crippen molar-refractivity contribution in [2.75, 3.05) is 7.05 Å². The summed E-state index contributed by atoms with van der Waals surface area (Å²) in [4.78, 5) is 9.29. The third kappa shape index (κ3) is 1.48. The average molecular weight is 205 g/mol. The molecular weight excluding hydrogens is 194 g/mol. The first-order valence-electron chi connectivity index (χ1n) is 4.30. The molecule has 0 radical (unpaired) electrons. The molecule has 0 fully saturated rings. The van der Waals surface area contributed by atoms with Crippen molar-refractivity contribution >= 4 is 11.3 Å². The third-order valence-electron chi connectivity index (χ3n) is 2.07. The molecule has 2 aromatic rings. The SMILES string of the molecule is CN=c1scc(-c2cccnc2)n1C. The Morgan fingerprint density at radius 3 is 2.93 bits per heavy atom. The van der Waals surface area contributed by atoms with Crippen LogP contribution in [0.5, 0.6) is 0 Å². The van der Waals surface area contributed by atoms with E-state index >= 15 is 0 Å². The maximum absolute atomic E-state index is 4.18. The van der Waals surface area contributed by atoms with Gasteiger partial charge in [-0.15, -0.1) is 11.3 Å². The molecule has 2 heterocycles. The first-order valence-corrected chi connectivity index (χ1v) is 5.18. The Balaban J connectivity index is 2.59. The Labute approximate surface area is 86.4 Å². The van der Waals surface area contributed by atoms with Crippen molar-refractivity contribution in [1.82, 2.24) is 9.55 Å². The van der Waals surface area contributed by atoms with E-state index in [0.29, 0.717) is 0 Å². The second kappa shape index (κ2) is 3.75. The zero-order chi connectivity index (χ0) is 9.97. The van der Waals surface area contributed by atoms with Crippen molar-refractivity contribution in [3.63, 3.8) is 0 Å². The maximum atomic E-state index is 4.18. The molecule has 72 valence electrons. The van der Waals surface area contributed by atoms with Crippen LogP contribution < -0.4 is 4.80 Å². The van der Waals surface area contributed by atoms with Gasteiger partial charge < -0.3 is 4.57 Å². The van der Waals surface area contributed by atoms with Crippen LogP contribution in [0.15, 0.2) is 34.9 Å². The number of aromatic nitrogens is 2. The molecule has 0 aromatic carbocycles. The molecule has 0 unspecified atom stereocenters. The van der Waals surface area contributed by atoms with Gasteiger partial charge in [-0.1, -0.05) is 0 Å². The van der Waals surface area contributed by atoms with E-state index < -0.39 is 0 Å². The standard InChI is InChI=1S/C10H11N3S/c1-11-10-13(2)9(7-14-10)8-4-3-5-12-6-8/h3-7H,1-2H3. The average Bonchev–Trinajstić information content (AvgIpc) is 2.61. The molecule has 14 heavy (non-hydrogen) atoms. The Hall–Kier alpha value is -1.42. The number of thiazole rings is 1. The van der Waals surface area contributed by atoms with Crippen LogP contribution in [0.1, 0.15) is 0 Å². The lowest BCUT2D eigenvalue weighted by Gasteiger charge is -2.00. The van der Waals surface area contributed by atoms with Gasteiger partial charge in [-0.25, -0.2) is 0 Å². The Bertz CT molecular complexity index is 482. The molecule has 0 saturated heterocycles. The quantitative estimate of drug-likeness (QED) is 0.696. The predicted octanol–water partition coefficient (Wildman–Crippen LogP) is 1.68. The summed E-state index contributed by atoms with van der Waals surface area (Å²) in [5.74, 6) is 0. The predicted molar refractivity (Wildman–Crippen MR) is 58.0 cm³/mol. The highest BCUT2D eigenvalue weighted by Gasteiger charge is 2.02. The third-order valence-corrected chi connectivity index (χ3v) is 3.08. The van der Waals surface area contributed by atoms with Crippen LogP contribution in [0.2, 0.25) is 0 Å². The van der Waals surface area contributed by atoms with E-state index in [1.807, 2.05) is 19.3 Å². The van der Waals surface area contributed by atoms with Crippen LogP contribution in [0.25, 0.3) is 11.3 Å². The van der Waals surface area contributed by atoms with Crippen LogP contribution in [-0.2, 0) is 7.05 Å². The number of hydrogen-bond acceptors (Lipinski definition) is 3. The van der Waals surface area contributed by atoms with Crippen molar-refractivity contribution in [3.05, 3.63) is 34.7 Å². The molecular formula is C10H11N3S. The lowest BCUT2D eigenvalue weighted by molar-refractivity contribution is 0.875. The van der Waals surface area contributed by atoms with E-state index in [1.54, 1.807) is 24.6 Å². The van der Waals surface area contributed by atoms with Crippen LogP contribution in [0, 0.1) is 0 Å². The van der Waals surface area contributed by atoms with Gasteiger partial charge in [0.2, 0.25) is 0 Å². The van der Waals surface area contributed by atoms with Gasteiger partial charge in [-0.05, 0) is 12.1 Å². The van der Waals surface area contributed by atoms with Crippen LogP contribution >= 0.6 is 11.3 Å². The maximum Gasteiger partial charge on any atom is 0.184 e. The second-order valence-electron chi connectivity index (χ2n) is 2.93. The fourth-order valence-corrected chi connectivity index (χ4v) is 2.22. The molecule has 0 bridgehead atoms. The zero-order valence-electron chi connectivity index (χ0n) is 8.14. The van der Waals surface area contributed by atoms with Gasteiger partial charge in [0.15, 0.2) is 4.80 Å². The molecule has 3 nitrogen and oxygen atoms in total. The molecule has 2 rings (SSSR count). The lowest BCUT2D eigenvalue weighted by Crippen LogP contribution is -2.10. The van der Waals surface area contributed by atoms with E-state index in [2.05, 4.69) is 26.0 Å². The summed E-state index contributed by atoms with van der Waals surface area (Å²) in [7, 11) is 3.82. The van der Waals surface area contributed by atoms with Gasteiger partial charge in [0.1, 0.15) is 0 Å². The summed E-state index contributed by atoms with van der Waals surface area (Å²) in [5, 5.41) is 2.10. The van der Waals surface area contributed by atoms with Crippen molar-refractivity contribution in [1.29, 1.82) is 0 Å². The van der Waals surface area contributed by atoms with Crippen molar-refractivity contribution in [3.8, 4) is 11.3 Å². The summed E-state index contributed by atoms with van der Waals surface area (Å²) in [5.41, 5.74) is 2.28. The summed E-state index contributed by atoms with van der Waals surface area (Å²) in [6.45, 7) is 0. The highest BCUT2D eigenvalue weighted by Crippen LogP contribution is 2.17. The number of pyridine rings is 1. The van der Waals surface area contributed by atoms with Crippen LogP contribution in [0.4, 0.5) is 0 Å². The summed E-state index contributed by atoms with van der Waals surface area (Å²) in [6.07, 6.45) is 3.64. The monoisotopic (exact) mass is 205 g/mol. The Morgan fingerprint density at radius 1 is 1.50 bits per heavy atom. The number of rotatable bonds is 1. The minimum absolute atomic E-state index is 1.02. The molecule has 0 saturated carbocycles. The van der Waals surface area contributed by atoms with Gasteiger partial charge in [0, 0.05) is 37.4 Å². The molecule has 0 spiro atoms. The smallest absolute Gasteiger partial charge is 0.184 e. The number of hydrogen-bond donors (Lipinski definition) is 0. The van der Waals surface area contributed by atoms with E-state index in [-0.39, 0.29) is 0 Å². The largest absolute Gasteiger partial charge is 0.320 e. The summed E-state index contributed by atoms with van der Waals surface area (Å²) in [6, 6.07) is 3.99. The normalized spacial score (nSPS) is 12.0. The van der Waals surface area contributed by atoms with E-state index in [9.17, 15) is 0 Å². The molecule has 0 amide bonds. The first kappa shape index (κ1) is 9.15. The topological polar surface area (TPSA) is 30.2 Å². The molecule has 0 atom stereocenters.